The summed E-state index contributed by atoms with van der Waals surface area (Å²) >= 11 is 8.66. The Labute approximate surface area is 116 Å². The molecule has 0 heterocycles. The predicted molar refractivity (Wildman–Crippen MR) is 79.3 cm³/mol. The summed E-state index contributed by atoms with van der Waals surface area (Å²) in [6.45, 7) is 2.28. The van der Waals surface area contributed by atoms with Crippen LogP contribution in [0.4, 0.5) is 0 Å². The lowest BCUT2D eigenvalue weighted by atomic mass is 10.2. The Kier molecular flexibility index (Phi) is 6.52. The molecule has 0 atom stereocenters. The van der Waals surface area contributed by atoms with Gasteiger partial charge in [0.25, 0.3) is 0 Å². The van der Waals surface area contributed by atoms with Crippen LogP contribution in [0.15, 0.2) is 33.5 Å². The molecule has 0 bridgehead atoms. The maximum atomic E-state index is 5.41. The largest absolute Gasteiger partial charge is 0.313 e. The topological polar surface area (TPSA) is 30.8 Å². The first kappa shape index (κ1) is 15.0. The zero-order valence-corrected chi connectivity index (χ0v) is 13.1. The summed E-state index contributed by atoms with van der Waals surface area (Å²) < 4.78 is 16.1. The van der Waals surface area contributed by atoms with Gasteiger partial charge in [0.2, 0.25) is 0 Å². The molecule has 0 amide bonds. The van der Waals surface area contributed by atoms with Gasteiger partial charge in [0.05, 0.1) is 13.2 Å². The monoisotopic (exact) mass is 335 g/mol. The third-order valence-electron chi connectivity index (χ3n) is 1.80. The molecule has 0 N–H and O–H groups in total. The lowest BCUT2D eigenvalue weighted by molar-refractivity contribution is 0.268. The second kappa shape index (κ2) is 7.39. The average Bonchev–Trinajstić information content (AvgIpc) is 2.29. The quantitative estimate of drug-likeness (QED) is 0.577. The molecule has 0 unspecified atom stereocenters. The molecule has 1 aromatic rings. The molecule has 94 valence electrons. The van der Waals surface area contributed by atoms with Crippen LogP contribution >= 0.6 is 22.6 Å². The number of hydrogen-bond acceptors (Lipinski definition) is 3. The Balaban J connectivity index is 2.79. The van der Waals surface area contributed by atoms with E-state index in [1.54, 1.807) is 6.21 Å². The highest BCUT2D eigenvalue weighted by molar-refractivity contribution is 9.10. The molecule has 0 saturated carbocycles. The summed E-state index contributed by atoms with van der Waals surface area (Å²) in [7, 11) is 0. The van der Waals surface area contributed by atoms with Gasteiger partial charge in [0.1, 0.15) is 0 Å². The Morgan fingerprint density at radius 3 is 2.24 bits per heavy atom. The van der Waals surface area contributed by atoms with Crippen molar-refractivity contribution in [3.05, 3.63) is 34.3 Å². The first-order valence-electron chi connectivity index (χ1n) is 5.30. The minimum absolute atomic E-state index is 0.509. The number of halogens is 1. The minimum atomic E-state index is -2.51. The fraction of sp³-hybridized carbons (Fsp3) is 0.364. The van der Waals surface area contributed by atoms with E-state index >= 15 is 0 Å². The normalized spacial score (nSPS) is 12.2. The standard InChI is InChI=1S/C11H15BrNO2PS/c1-3-14-16(17,15-4-2)13-9-10-5-7-11(12)8-6-10/h5-9H,3-4H2,1-2H3/b13-9+. The van der Waals surface area contributed by atoms with Crippen molar-refractivity contribution in [3.63, 3.8) is 0 Å². The van der Waals surface area contributed by atoms with Crippen molar-refractivity contribution >= 4 is 40.6 Å². The Bertz CT molecular complexity index is 412. The fourth-order valence-corrected chi connectivity index (χ4v) is 3.29. The number of nitrogens with zero attached hydrogens (tertiary/aromatic N) is 1. The molecule has 0 saturated heterocycles. The van der Waals surface area contributed by atoms with E-state index in [1.807, 2.05) is 38.1 Å². The van der Waals surface area contributed by atoms with Crippen molar-refractivity contribution in [1.82, 2.24) is 0 Å². The number of hydrogen-bond donors (Lipinski definition) is 0. The molecule has 3 nitrogen and oxygen atoms in total. The highest BCUT2D eigenvalue weighted by atomic mass is 79.9. The molecule has 0 fully saturated rings. The zero-order chi connectivity index (χ0) is 12.7. The Morgan fingerprint density at radius 2 is 1.76 bits per heavy atom. The van der Waals surface area contributed by atoms with E-state index < -0.39 is 6.64 Å². The van der Waals surface area contributed by atoms with Gasteiger partial charge >= 0.3 is 6.64 Å². The van der Waals surface area contributed by atoms with Gasteiger partial charge in [-0.05, 0) is 43.4 Å². The lowest BCUT2D eigenvalue weighted by Crippen LogP contribution is -1.93. The van der Waals surface area contributed by atoms with Crippen molar-refractivity contribution in [2.24, 2.45) is 4.76 Å². The van der Waals surface area contributed by atoms with Gasteiger partial charge in [-0.1, -0.05) is 28.1 Å². The van der Waals surface area contributed by atoms with Gasteiger partial charge in [0.15, 0.2) is 0 Å². The highest BCUT2D eigenvalue weighted by Gasteiger charge is 2.14. The van der Waals surface area contributed by atoms with E-state index in [9.17, 15) is 0 Å². The van der Waals surface area contributed by atoms with Crippen LogP contribution in [0, 0.1) is 0 Å². The Hall–Kier alpha value is -0.0600. The molecule has 1 aromatic carbocycles. The van der Waals surface area contributed by atoms with Crippen LogP contribution in [-0.2, 0) is 20.9 Å². The number of rotatable bonds is 6. The molecule has 0 radical (unpaired) electrons. The summed E-state index contributed by atoms with van der Waals surface area (Å²) in [4.78, 5) is 0. The molecule has 0 aliphatic heterocycles. The lowest BCUT2D eigenvalue weighted by Gasteiger charge is -2.15. The molecular weight excluding hydrogens is 321 g/mol. The van der Waals surface area contributed by atoms with Crippen molar-refractivity contribution in [1.29, 1.82) is 0 Å². The first-order chi connectivity index (χ1) is 8.09. The predicted octanol–water partition coefficient (Wildman–Crippen LogP) is 4.17. The molecule has 0 spiro atoms. The van der Waals surface area contributed by atoms with Crippen LogP contribution in [0.3, 0.4) is 0 Å². The maximum absolute atomic E-state index is 5.41. The van der Waals surface area contributed by atoms with E-state index in [0.29, 0.717) is 13.2 Å². The van der Waals surface area contributed by atoms with Crippen LogP contribution in [0.5, 0.6) is 0 Å². The van der Waals surface area contributed by atoms with Crippen molar-refractivity contribution < 1.29 is 9.05 Å². The van der Waals surface area contributed by atoms with E-state index in [0.717, 1.165) is 10.0 Å². The molecule has 0 aromatic heterocycles. The highest BCUT2D eigenvalue weighted by Crippen LogP contribution is 2.49. The van der Waals surface area contributed by atoms with E-state index in [2.05, 4.69) is 20.7 Å². The summed E-state index contributed by atoms with van der Waals surface area (Å²) in [5, 5.41) is 0. The van der Waals surface area contributed by atoms with Gasteiger partial charge in [-0.15, -0.1) is 0 Å². The molecule has 17 heavy (non-hydrogen) atoms. The second-order valence-corrected chi connectivity index (χ2v) is 7.08. The van der Waals surface area contributed by atoms with Crippen molar-refractivity contribution in [2.45, 2.75) is 13.8 Å². The van der Waals surface area contributed by atoms with Crippen LogP contribution in [0.2, 0.25) is 0 Å². The smallest absolute Gasteiger partial charge is 0.308 e. The van der Waals surface area contributed by atoms with Gasteiger partial charge in [-0.2, -0.15) is 0 Å². The molecule has 0 aliphatic carbocycles. The summed E-state index contributed by atoms with van der Waals surface area (Å²) in [5.41, 5.74) is 0.974. The van der Waals surface area contributed by atoms with Crippen LogP contribution in [-0.4, -0.2) is 19.4 Å². The van der Waals surface area contributed by atoms with Gasteiger partial charge < -0.3 is 9.05 Å². The maximum Gasteiger partial charge on any atom is 0.308 e. The van der Waals surface area contributed by atoms with Crippen LogP contribution < -0.4 is 0 Å². The average molecular weight is 336 g/mol. The second-order valence-electron chi connectivity index (χ2n) is 3.10. The van der Waals surface area contributed by atoms with Gasteiger partial charge in [-0.3, -0.25) is 0 Å². The molecule has 1 rings (SSSR count). The molecule has 0 aliphatic rings. The first-order valence-corrected chi connectivity index (χ1v) is 8.68. The van der Waals surface area contributed by atoms with E-state index in [1.165, 1.54) is 0 Å². The number of benzene rings is 1. The van der Waals surface area contributed by atoms with Crippen LogP contribution in [0.1, 0.15) is 19.4 Å². The zero-order valence-electron chi connectivity index (χ0n) is 9.80. The third-order valence-corrected chi connectivity index (χ3v) is 4.81. The molecule has 6 heteroatoms. The van der Waals surface area contributed by atoms with Crippen molar-refractivity contribution in [2.75, 3.05) is 13.2 Å². The van der Waals surface area contributed by atoms with Crippen LogP contribution in [0.25, 0.3) is 0 Å². The molecular formula is C11H15BrNO2PS. The third kappa shape index (κ3) is 5.40. The van der Waals surface area contributed by atoms with Crippen molar-refractivity contribution in [3.8, 4) is 0 Å². The van der Waals surface area contributed by atoms with Gasteiger partial charge in [-0.25, -0.2) is 4.76 Å². The summed E-state index contributed by atoms with van der Waals surface area (Å²) in [6, 6.07) is 7.80. The summed E-state index contributed by atoms with van der Waals surface area (Å²) in [5.74, 6) is 0. The van der Waals surface area contributed by atoms with E-state index in [4.69, 9.17) is 20.9 Å². The SMILES string of the molecule is CCOP(=S)(/N=C/c1ccc(Br)cc1)OCC. The fourth-order valence-electron chi connectivity index (χ4n) is 1.12. The van der Waals surface area contributed by atoms with E-state index in [-0.39, 0.29) is 0 Å². The van der Waals surface area contributed by atoms with Gasteiger partial charge in [0, 0.05) is 10.7 Å². The Morgan fingerprint density at radius 1 is 1.24 bits per heavy atom. The minimum Gasteiger partial charge on any atom is -0.313 e. The summed E-state index contributed by atoms with van der Waals surface area (Å²) in [6.07, 6.45) is 1.71.